The van der Waals surface area contributed by atoms with Crippen molar-refractivity contribution < 1.29 is 4.42 Å². The van der Waals surface area contributed by atoms with Gasteiger partial charge in [-0.25, -0.2) is 0 Å². The summed E-state index contributed by atoms with van der Waals surface area (Å²) < 4.78 is 7.27. The van der Waals surface area contributed by atoms with E-state index < -0.39 is 5.41 Å². The van der Waals surface area contributed by atoms with E-state index in [4.69, 9.17) is 4.42 Å². The molecule has 0 N–H and O–H groups in total. The minimum Gasteiger partial charge on any atom is -0.456 e. The Hall–Kier alpha value is -10.1. The summed E-state index contributed by atoms with van der Waals surface area (Å²) >= 11 is 0. The van der Waals surface area contributed by atoms with E-state index in [1.807, 2.05) is 6.07 Å². The molecule has 2 aliphatic rings. The zero-order valence-corrected chi connectivity index (χ0v) is 42.0. The number of benzene rings is 11. The van der Waals surface area contributed by atoms with Crippen LogP contribution in [-0.2, 0) is 5.41 Å². The molecule has 360 valence electrons. The van der Waals surface area contributed by atoms with Gasteiger partial charge in [0.2, 0.25) is 0 Å². The molecule has 15 rings (SSSR count). The monoisotopic (exact) mass is 980 g/mol. The van der Waals surface area contributed by atoms with E-state index in [0.717, 1.165) is 67.2 Å². The van der Waals surface area contributed by atoms with Gasteiger partial charge in [-0.05, 0) is 128 Å². The van der Waals surface area contributed by atoms with Gasteiger partial charge in [0.15, 0.2) is 0 Å². The summed E-state index contributed by atoms with van der Waals surface area (Å²) in [5.74, 6) is -0.176. The Morgan fingerprint density at radius 2 is 1.03 bits per heavy atom. The van der Waals surface area contributed by atoms with E-state index in [1.54, 1.807) is 0 Å². The maximum Gasteiger partial charge on any atom is 0.141 e. The molecule has 0 saturated heterocycles. The maximum absolute atomic E-state index is 7.27. The Balaban J connectivity index is 0.957. The van der Waals surface area contributed by atoms with Gasteiger partial charge in [-0.2, -0.15) is 0 Å². The third-order valence-electron chi connectivity index (χ3n) is 16.0. The summed E-state index contributed by atoms with van der Waals surface area (Å²) in [5, 5.41) is 2.12. The van der Waals surface area contributed by atoms with Crippen LogP contribution < -0.4 is 9.80 Å². The molecule has 1 spiro atoms. The Morgan fingerprint density at radius 1 is 0.429 bits per heavy atom. The third-order valence-corrected chi connectivity index (χ3v) is 16.0. The van der Waals surface area contributed by atoms with Crippen molar-refractivity contribution in [2.24, 2.45) is 0 Å². The molecule has 0 amide bonds. The first-order valence-corrected chi connectivity index (χ1v) is 26.4. The molecule has 1 aliphatic carbocycles. The predicted molar refractivity (Wildman–Crippen MR) is 316 cm³/mol. The molecule has 2 heterocycles. The number of furan rings is 1. The molecule has 77 heavy (non-hydrogen) atoms. The smallest absolute Gasteiger partial charge is 0.141 e. The summed E-state index contributed by atoms with van der Waals surface area (Å²) in [6, 6.07) is 111. The van der Waals surface area contributed by atoms with Crippen LogP contribution in [0.2, 0.25) is 0 Å². The van der Waals surface area contributed by atoms with Gasteiger partial charge in [-0.1, -0.05) is 231 Å². The standard InChI is InChI=1S/C74H48N2O/c1-5-23-50(24-6-1)52-27-21-29-54(47-52)71(55-30-22-28-53(48-55)51-25-7-2-8-26-51)61-44-46-69(72-60-36-14-20-42-70(60)77-73(61)72)75(56-31-9-3-10-32-56)58-43-45-64-62(49-58)59-35-13-15-37-63(59)74(64)65-38-16-18-40-67(65)76(57-33-11-4-12-34-57)68-41-19-17-39-66(68)74/h1-16,18-38,40-49,71H. The van der Waals surface area contributed by atoms with Crippen molar-refractivity contribution in [2.75, 3.05) is 9.80 Å². The van der Waals surface area contributed by atoms with Crippen molar-refractivity contribution in [3.05, 3.63) is 336 Å². The van der Waals surface area contributed by atoms with E-state index >= 15 is 0 Å². The van der Waals surface area contributed by atoms with Crippen LogP contribution in [-0.4, -0.2) is 0 Å². The highest BCUT2D eigenvalue weighted by Crippen LogP contribution is 2.63. The lowest BCUT2D eigenvalue weighted by molar-refractivity contribution is 0.661. The second kappa shape index (κ2) is 18.1. The quantitative estimate of drug-likeness (QED) is 0.134. The van der Waals surface area contributed by atoms with Gasteiger partial charge in [0, 0.05) is 39.5 Å². The molecule has 3 nitrogen and oxygen atoms in total. The number of hydrogen-bond donors (Lipinski definition) is 0. The Labute approximate surface area is 448 Å². The van der Waals surface area contributed by atoms with E-state index in [2.05, 4.69) is 301 Å². The van der Waals surface area contributed by atoms with Gasteiger partial charge in [-0.15, -0.1) is 0 Å². The molecule has 0 saturated carbocycles. The molecule has 1 atom stereocenters. The second-order valence-corrected chi connectivity index (χ2v) is 20.1. The van der Waals surface area contributed by atoms with Crippen LogP contribution in [0.4, 0.5) is 34.1 Å². The fraction of sp³-hybridized carbons (Fsp3) is 0.0270. The fourth-order valence-electron chi connectivity index (χ4n) is 12.8. The highest BCUT2D eigenvalue weighted by atomic mass is 16.3. The lowest BCUT2D eigenvalue weighted by atomic mass is 9.65. The van der Waals surface area contributed by atoms with Crippen molar-refractivity contribution in [1.82, 2.24) is 0 Å². The number of rotatable bonds is 9. The maximum atomic E-state index is 7.27. The number of anilines is 6. The summed E-state index contributed by atoms with van der Waals surface area (Å²) in [7, 11) is 0. The first kappa shape index (κ1) is 44.4. The van der Waals surface area contributed by atoms with Crippen LogP contribution in [0.3, 0.4) is 0 Å². The van der Waals surface area contributed by atoms with Crippen molar-refractivity contribution in [3.63, 3.8) is 0 Å². The SMILES string of the molecule is c1ccc2c(c#1)C1(c3ccccc3-c3cc(N(c4ccccc4)c4ccc(C(c5cccc(-c6ccccc6)c5)c5cccc(-c6ccccc6)c5)c5oc6ccccc6c45)ccc31)c1ccccc1N2c1ccccc1. The van der Waals surface area contributed by atoms with Gasteiger partial charge in [0.25, 0.3) is 0 Å². The first-order valence-electron chi connectivity index (χ1n) is 26.4. The van der Waals surface area contributed by atoms with Gasteiger partial charge >= 0.3 is 0 Å². The summed E-state index contributed by atoms with van der Waals surface area (Å²) in [4.78, 5) is 4.82. The number of hydrogen-bond acceptors (Lipinski definition) is 3. The van der Waals surface area contributed by atoms with E-state index in [-0.39, 0.29) is 5.92 Å². The van der Waals surface area contributed by atoms with Gasteiger partial charge in [0.1, 0.15) is 11.2 Å². The van der Waals surface area contributed by atoms with E-state index in [1.165, 1.54) is 61.2 Å². The van der Waals surface area contributed by atoms with Crippen molar-refractivity contribution in [2.45, 2.75) is 11.3 Å². The van der Waals surface area contributed by atoms with Crippen LogP contribution in [0.25, 0.3) is 55.3 Å². The van der Waals surface area contributed by atoms with E-state index in [9.17, 15) is 0 Å². The zero-order chi connectivity index (χ0) is 50.9. The average Bonchev–Trinajstić information content (AvgIpc) is 4.27. The molecule has 1 unspecified atom stereocenters. The summed E-state index contributed by atoms with van der Waals surface area (Å²) in [6.45, 7) is 0. The van der Waals surface area contributed by atoms with Crippen LogP contribution in [0.15, 0.2) is 290 Å². The molecule has 0 fully saturated rings. The van der Waals surface area contributed by atoms with Crippen molar-refractivity contribution in [1.29, 1.82) is 0 Å². The van der Waals surface area contributed by atoms with Gasteiger partial charge in [0.05, 0.1) is 27.9 Å². The van der Waals surface area contributed by atoms with Crippen LogP contribution in [0.1, 0.15) is 44.9 Å². The molecule has 3 heteroatoms. The lowest BCUT2D eigenvalue weighted by Crippen LogP contribution is -2.36. The molecule has 1 aromatic heterocycles. The van der Waals surface area contributed by atoms with Gasteiger partial charge < -0.3 is 14.2 Å². The van der Waals surface area contributed by atoms with Gasteiger partial charge in [-0.3, -0.25) is 0 Å². The van der Waals surface area contributed by atoms with Crippen LogP contribution in [0.5, 0.6) is 0 Å². The summed E-state index contributed by atoms with van der Waals surface area (Å²) in [5.41, 5.74) is 22.8. The highest BCUT2D eigenvalue weighted by molar-refractivity contribution is 6.15. The minimum atomic E-state index is -0.655. The second-order valence-electron chi connectivity index (χ2n) is 20.1. The molecule has 1 aliphatic heterocycles. The Bertz CT molecular complexity index is 4220. The Morgan fingerprint density at radius 3 is 1.75 bits per heavy atom. The molecule has 0 radical (unpaired) electrons. The van der Waals surface area contributed by atoms with Crippen molar-refractivity contribution in [3.8, 4) is 33.4 Å². The number of fused-ring (bicyclic) bond motifs is 12. The summed E-state index contributed by atoms with van der Waals surface area (Å²) in [6.07, 6.45) is 0. The number of nitrogens with zero attached hydrogens (tertiary/aromatic N) is 2. The topological polar surface area (TPSA) is 19.6 Å². The molecular formula is C74H48N2O. The minimum absolute atomic E-state index is 0.176. The third kappa shape index (κ3) is 7.00. The lowest BCUT2D eigenvalue weighted by Gasteiger charge is -2.44. The highest BCUT2D eigenvalue weighted by Gasteiger charge is 2.52. The fourth-order valence-corrected chi connectivity index (χ4v) is 12.8. The predicted octanol–water partition coefficient (Wildman–Crippen LogP) is 19.3. The number of para-hydroxylation sites is 4. The normalized spacial score (nSPS) is 12.8. The Kier molecular flexibility index (Phi) is 10.4. The zero-order valence-electron chi connectivity index (χ0n) is 42.0. The van der Waals surface area contributed by atoms with Crippen LogP contribution >= 0.6 is 0 Å². The molecule has 13 aromatic rings. The van der Waals surface area contributed by atoms with Crippen molar-refractivity contribution >= 4 is 56.1 Å². The first-order chi connectivity index (χ1) is 38.2. The average molecular weight is 981 g/mol. The molecule has 0 bridgehead atoms. The largest absolute Gasteiger partial charge is 0.456 e. The van der Waals surface area contributed by atoms with E-state index in [0.29, 0.717) is 0 Å². The molecule has 12 aromatic carbocycles. The molecular weight excluding hydrogens is 933 g/mol. The van der Waals surface area contributed by atoms with Crippen LogP contribution in [0, 0.1) is 12.1 Å².